The van der Waals surface area contributed by atoms with Gasteiger partial charge >= 0.3 is 0 Å². The van der Waals surface area contributed by atoms with E-state index >= 15 is 0 Å². The molecule has 4 N–H and O–H groups in total. The number of benzene rings is 1. The summed E-state index contributed by atoms with van der Waals surface area (Å²) < 4.78 is 0.834. The third kappa shape index (κ3) is 7.32. The van der Waals surface area contributed by atoms with Crippen molar-refractivity contribution in [3.05, 3.63) is 33.8 Å². The number of anilines is 4. The smallest absolute Gasteiger partial charge is 0.206 e. The number of nitrogens with zero attached hydrogens (tertiary/aromatic N) is 6. The third-order valence-electron chi connectivity index (χ3n) is 3.92. The molecule has 0 fully saturated rings. The van der Waals surface area contributed by atoms with Crippen LogP contribution in [0.15, 0.2) is 34.6 Å². The Bertz CT molecular complexity index is 1050. The Morgan fingerprint density at radius 1 is 0.719 bits per heavy atom. The third-order valence-corrected chi connectivity index (χ3v) is 5.77. The zero-order valence-electron chi connectivity index (χ0n) is 18.0. The van der Waals surface area contributed by atoms with E-state index in [1.165, 1.54) is 23.5 Å². The molecular weight excluding hydrogens is 485 g/mol. The van der Waals surface area contributed by atoms with Crippen LogP contribution in [-0.4, -0.2) is 69.8 Å². The highest BCUT2D eigenvalue weighted by Crippen LogP contribution is 2.20. The Morgan fingerprint density at radius 2 is 1.09 bits per heavy atom. The first kappa shape index (κ1) is 24.2. The van der Waals surface area contributed by atoms with E-state index in [9.17, 15) is 0 Å². The van der Waals surface area contributed by atoms with Crippen LogP contribution in [0.1, 0.15) is 0 Å². The maximum absolute atomic E-state index is 5.16. The Balaban J connectivity index is 1.47. The minimum Gasteiger partial charge on any atom is -0.376 e. The lowest BCUT2D eigenvalue weighted by Crippen LogP contribution is -2.14. The molecular formula is C18H24N10S4. The van der Waals surface area contributed by atoms with Gasteiger partial charge in [0.15, 0.2) is 10.3 Å². The molecule has 2 aromatic heterocycles. The summed E-state index contributed by atoms with van der Waals surface area (Å²) in [6, 6.07) is 8.04. The van der Waals surface area contributed by atoms with Gasteiger partial charge in [0, 0.05) is 39.6 Å². The van der Waals surface area contributed by atoms with E-state index in [1.54, 1.807) is 0 Å². The second-order valence-corrected chi connectivity index (χ2v) is 9.48. The molecule has 0 bridgehead atoms. The first-order chi connectivity index (χ1) is 15.3. The van der Waals surface area contributed by atoms with Crippen LogP contribution in [0.5, 0.6) is 0 Å². The number of H-pyrrole nitrogens is 2. The predicted molar refractivity (Wildman–Crippen MR) is 138 cm³/mol. The topological polar surface area (TPSA) is 114 Å². The number of aromatic nitrogens is 6. The zero-order valence-corrected chi connectivity index (χ0v) is 21.3. The van der Waals surface area contributed by atoms with E-state index in [-0.39, 0.29) is 0 Å². The molecule has 0 radical (unpaired) electrons. The van der Waals surface area contributed by atoms with Gasteiger partial charge in [-0.15, -0.1) is 0 Å². The molecule has 0 amide bonds. The fourth-order valence-electron chi connectivity index (χ4n) is 2.33. The van der Waals surface area contributed by atoms with Crippen molar-refractivity contribution in [2.24, 2.45) is 0 Å². The van der Waals surface area contributed by atoms with Crippen LogP contribution < -0.4 is 20.4 Å². The number of rotatable bonds is 10. The molecule has 0 unspecified atom stereocenters. The van der Waals surface area contributed by atoms with Crippen molar-refractivity contribution in [3.8, 4) is 0 Å². The minimum absolute atomic E-state index is 0.417. The van der Waals surface area contributed by atoms with Crippen molar-refractivity contribution in [1.29, 1.82) is 0 Å². The normalized spacial score (nSPS) is 10.6. The predicted octanol–water partition coefficient (Wildman–Crippen LogP) is 3.84. The number of aromatic amines is 2. The molecule has 2 heterocycles. The Hall–Kier alpha value is -2.42. The van der Waals surface area contributed by atoms with Crippen LogP contribution in [0.4, 0.5) is 23.3 Å². The highest BCUT2D eigenvalue weighted by atomic mass is 32.2. The van der Waals surface area contributed by atoms with Crippen LogP contribution in [0, 0.1) is 9.54 Å². The summed E-state index contributed by atoms with van der Waals surface area (Å²) in [6.07, 6.45) is 0. The lowest BCUT2D eigenvalue weighted by Gasteiger charge is -2.12. The van der Waals surface area contributed by atoms with Crippen LogP contribution in [0.25, 0.3) is 0 Å². The Morgan fingerprint density at radius 3 is 1.44 bits per heavy atom. The van der Waals surface area contributed by atoms with E-state index < -0.39 is 0 Å². The molecule has 0 aliphatic carbocycles. The largest absolute Gasteiger partial charge is 0.376 e. The van der Waals surface area contributed by atoms with Crippen molar-refractivity contribution in [3.63, 3.8) is 0 Å². The molecule has 0 aliphatic heterocycles. The highest BCUT2D eigenvalue weighted by molar-refractivity contribution is 7.99. The zero-order chi connectivity index (χ0) is 23.1. The molecule has 0 spiro atoms. The minimum atomic E-state index is 0.417. The van der Waals surface area contributed by atoms with E-state index in [0.29, 0.717) is 43.5 Å². The summed E-state index contributed by atoms with van der Waals surface area (Å²) >= 11 is 13.3. The van der Waals surface area contributed by atoms with Gasteiger partial charge in [0.2, 0.25) is 21.4 Å². The lowest BCUT2D eigenvalue weighted by molar-refractivity contribution is 0.853. The molecule has 14 heteroatoms. The highest BCUT2D eigenvalue weighted by Gasteiger charge is 2.05. The maximum atomic E-state index is 5.16. The monoisotopic (exact) mass is 508 g/mol. The molecule has 3 rings (SSSR count). The molecule has 10 nitrogen and oxygen atoms in total. The summed E-state index contributed by atoms with van der Waals surface area (Å²) in [6.45, 7) is 0. The number of nitrogens with one attached hydrogen (secondary N) is 4. The van der Waals surface area contributed by atoms with Crippen LogP contribution in [-0.2, 0) is 0 Å². The molecule has 0 aliphatic rings. The van der Waals surface area contributed by atoms with E-state index in [1.807, 2.05) is 62.3 Å². The summed E-state index contributed by atoms with van der Waals surface area (Å²) in [5.41, 5.74) is 2.00. The van der Waals surface area contributed by atoms with E-state index in [4.69, 9.17) is 24.4 Å². The summed E-state index contributed by atoms with van der Waals surface area (Å²) in [4.78, 5) is 27.0. The number of thioether (sulfide) groups is 2. The Labute approximate surface area is 205 Å². The molecule has 0 atom stereocenters. The summed E-state index contributed by atoms with van der Waals surface area (Å²) in [5.74, 6) is 2.60. The van der Waals surface area contributed by atoms with E-state index in [2.05, 4.69) is 40.5 Å². The first-order valence-corrected chi connectivity index (χ1v) is 12.2. The maximum Gasteiger partial charge on any atom is 0.206 e. The molecule has 3 aromatic rings. The van der Waals surface area contributed by atoms with Crippen molar-refractivity contribution in [2.45, 2.75) is 10.3 Å². The fraction of sp³-hybridized carbons (Fsp3) is 0.333. The van der Waals surface area contributed by atoms with Crippen LogP contribution in [0.3, 0.4) is 0 Å². The van der Waals surface area contributed by atoms with Gasteiger partial charge in [-0.25, -0.2) is 0 Å². The van der Waals surface area contributed by atoms with Crippen molar-refractivity contribution < 1.29 is 0 Å². The SMILES string of the molecule is CN(C)c1nc(SCNc2ccc(NCSc3nc(N(C)C)[nH]c(=S)n3)cc2)nc(=S)[nH]1. The van der Waals surface area contributed by atoms with Gasteiger partial charge in [-0.05, 0) is 48.7 Å². The number of hydrogen-bond acceptors (Lipinski definition) is 12. The summed E-state index contributed by atoms with van der Waals surface area (Å²) in [7, 11) is 7.60. The van der Waals surface area contributed by atoms with Gasteiger partial charge in [0.25, 0.3) is 0 Å². The van der Waals surface area contributed by atoms with Crippen LogP contribution in [0.2, 0.25) is 0 Å². The lowest BCUT2D eigenvalue weighted by atomic mass is 10.3. The number of hydrogen-bond donors (Lipinski definition) is 4. The Kier molecular flexibility index (Phi) is 8.67. The van der Waals surface area contributed by atoms with E-state index in [0.717, 1.165) is 11.4 Å². The van der Waals surface area contributed by atoms with Crippen molar-refractivity contribution in [2.75, 3.05) is 60.4 Å². The van der Waals surface area contributed by atoms with Crippen molar-refractivity contribution in [1.82, 2.24) is 29.9 Å². The molecule has 1 aromatic carbocycles. The van der Waals surface area contributed by atoms with Crippen molar-refractivity contribution >= 4 is 71.2 Å². The van der Waals surface area contributed by atoms with Crippen LogP contribution >= 0.6 is 48.0 Å². The second kappa shape index (κ2) is 11.4. The average Bonchev–Trinajstić information content (AvgIpc) is 2.74. The summed E-state index contributed by atoms with van der Waals surface area (Å²) in [5, 5.41) is 7.94. The fourth-order valence-corrected chi connectivity index (χ4v) is 4.16. The van der Waals surface area contributed by atoms with Gasteiger partial charge in [-0.1, -0.05) is 23.5 Å². The van der Waals surface area contributed by atoms with Gasteiger partial charge < -0.3 is 30.4 Å². The molecule has 32 heavy (non-hydrogen) atoms. The molecule has 0 saturated carbocycles. The average molecular weight is 509 g/mol. The van der Waals surface area contributed by atoms with Gasteiger partial charge in [-0.2, -0.15) is 19.9 Å². The molecule has 0 saturated heterocycles. The standard InChI is InChI=1S/C18H24N10S4/c1-27(2)13-21-15(29)25-17(23-13)31-9-19-11-5-7-12(8-6-11)20-10-32-18-24-14(28(3)4)22-16(30)26-18/h5-8,19-20H,9-10H2,1-4H3,(H,21,23,25,29)(H,22,24,26,30). The quantitative estimate of drug-likeness (QED) is 0.181. The van der Waals surface area contributed by atoms with Gasteiger partial charge in [-0.3, -0.25) is 0 Å². The van der Waals surface area contributed by atoms with Gasteiger partial charge in [0.1, 0.15) is 0 Å². The molecule has 170 valence electrons. The second-order valence-electron chi connectivity index (χ2n) is 6.82. The first-order valence-electron chi connectivity index (χ1n) is 9.45. The van der Waals surface area contributed by atoms with Gasteiger partial charge in [0.05, 0.1) is 11.8 Å².